The van der Waals surface area contributed by atoms with Crippen LogP contribution in [-0.2, 0) is 6.54 Å². The normalized spacial score (nSPS) is 20.1. The van der Waals surface area contributed by atoms with Gasteiger partial charge in [-0.25, -0.2) is 4.79 Å². The number of hydrogen-bond acceptors (Lipinski definition) is 2. The number of urea groups is 1. The Balaban J connectivity index is 1.26. The minimum Gasteiger partial charge on any atom is -0.357 e. The Morgan fingerprint density at radius 3 is 2.60 bits per heavy atom. The Kier molecular flexibility index (Phi) is 4.92. The fraction of sp³-hybridized carbons (Fsp3) is 0.550. The summed E-state index contributed by atoms with van der Waals surface area (Å²) in [5.74, 6) is 0. The maximum Gasteiger partial charge on any atom is 0.317 e. The third kappa shape index (κ3) is 3.82. The van der Waals surface area contributed by atoms with Crippen LogP contribution in [0.25, 0.3) is 10.9 Å². The number of benzene rings is 1. The van der Waals surface area contributed by atoms with Gasteiger partial charge < -0.3 is 20.1 Å². The first-order chi connectivity index (χ1) is 12.3. The molecule has 2 aliphatic heterocycles. The van der Waals surface area contributed by atoms with Crippen molar-refractivity contribution < 1.29 is 4.79 Å². The number of rotatable bonds is 3. The minimum atomic E-state index is 0.0655. The second-order valence-corrected chi connectivity index (χ2v) is 7.36. The monoisotopic (exact) mass is 340 g/mol. The number of likely N-dealkylation sites (tertiary alicyclic amines) is 2. The van der Waals surface area contributed by atoms with Gasteiger partial charge in [-0.2, -0.15) is 0 Å². The van der Waals surface area contributed by atoms with Crippen LogP contribution in [0.15, 0.2) is 30.3 Å². The first-order valence-corrected chi connectivity index (χ1v) is 9.63. The Labute approximate surface area is 149 Å². The number of fused-ring (bicyclic) bond motifs is 1. The highest BCUT2D eigenvalue weighted by Crippen LogP contribution is 2.21. The third-order valence-corrected chi connectivity index (χ3v) is 5.67. The Morgan fingerprint density at radius 2 is 1.84 bits per heavy atom. The molecule has 0 saturated carbocycles. The average Bonchev–Trinajstić information content (AvgIpc) is 3.10. The predicted octanol–water partition coefficient (Wildman–Crippen LogP) is 3.33. The number of H-pyrrole nitrogens is 1. The molecule has 1 aromatic carbocycles. The van der Waals surface area contributed by atoms with Gasteiger partial charge >= 0.3 is 6.03 Å². The van der Waals surface area contributed by atoms with Crippen molar-refractivity contribution in [3.05, 3.63) is 36.0 Å². The topological polar surface area (TPSA) is 51.4 Å². The van der Waals surface area contributed by atoms with Gasteiger partial charge in [0.05, 0.1) is 6.54 Å². The number of aromatic amines is 1. The number of amides is 2. The van der Waals surface area contributed by atoms with Gasteiger partial charge in [-0.05, 0) is 56.3 Å². The van der Waals surface area contributed by atoms with Crippen molar-refractivity contribution in [3.63, 3.8) is 0 Å². The number of nitrogens with one attached hydrogen (secondary N) is 2. The maximum atomic E-state index is 12.5. The number of hydrogen-bond donors (Lipinski definition) is 2. The molecule has 4 rings (SSSR count). The molecule has 0 unspecified atom stereocenters. The van der Waals surface area contributed by atoms with Gasteiger partial charge in [0.1, 0.15) is 0 Å². The van der Waals surface area contributed by atoms with Gasteiger partial charge in [0.15, 0.2) is 0 Å². The smallest absolute Gasteiger partial charge is 0.317 e. The minimum absolute atomic E-state index is 0.0655. The van der Waals surface area contributed by atoms with E-state index in [2.05, 4.69) is 33.4 Å². The summed E-state index contributed by atoms with van der Waals surface area (Å²) >= 11 is 0. The number of piperidine rings is 2. The van der Waals surface area contributed by atoms with E-state index in [4.69, 9.17) is 0 Å². The number of nitrogens with zero attached hydrogens (tertiary/aromatic N) is 2. The van der Waals surface area contributed by atoms with Gasteiger partial charge in [0, 0.05) is 30.3 Å². The zero-order chi connectivity index (χ0) is 17.1. The summed E-state index contributed by atoms with van der Waals surface area (Å²) in [4.78, 5) is 20.4. The standard InChI is InChI=1S/C20H28N4O/c25-20(21-15-17-14-16-6-2-3-7-19(16)22-17)24-12-8-18(9-13-24)23-10-4-1-5-11-23/h2-3,6-7,14,18,22H,1,4-5,8-13,15H2,(H,21,25). The largest absolute Gasteiger partial charge is 0.357 e. The lowest BCUT2D eigenvalue weighted by Gasteiger charge is -2.40. The molecule has 2 N–H and O–H groups in total. The van der Waals surface area contributed by atoms with E-state index in [1.54, 1.807) is 0 Å². The highest BCUT2D eigenvalue weighted by Gasteiger charge is 2.27. The summed E-state index contributed by atoms with van der Waals surface area (Å²) in [5, 5.41) is 4.26. The van der Waals surface area contributed by atoms with Gasteiger partial charge in [0.2, 0.25) is 0 Å². The molecule has 0 aliphatic carbocycles. The highest BCUT2D eigenvalue weighted by atomic mass is 16.2. The molecule has 134 valence electrons. The SMILES string of the molecule is O=C(NCc1cc2ccccc2[nH]1)N1CCC(N2CCCCC2)CC1. The van der Waals surface area contributed by atoms with Crippen molar-refractivity contribution in [1.29, 1.82) is 0 Å². The molecule has 2 fully saturated rings. The fourth-order valence-corrected chi connectivity index (χ4v) is 4.23. The quantitative estimate of drug-likeness (QED) is 0.900. The molecule has 2 aliphatic rings. The van der Waals surface area contributed by atoms with Gasteiger partial charge in [-0.1, -0.05) is 24.6 Å². The molecule has 2 aromatic rings. The van der Waals surface area contributed by atoms with Crippen LogP contribution >= 0.6 is 0 Å². The van der Waals surface area contributed by atoms with Gasteiger partial charge in [-0.15, -0.1) is 0 Å². The summed E-state index contributed by atoms with van der Waals surface area (Å²) in [6, 6.07) is 11.1. The van der Waals surface area contributed by atoms with E-state index in [1.807, 2.05) is 17.0 Å². The van der Waals surface area contributed by atoms with Crippen LogP contribution in [0.4, 0.5) is 4.79 Å². The van der Waals surface area contributed by atoms with Crippen LogP contribution in [0.2, 0.25) is 0 Å². The van der Waals surface area contributed by atoms with Crippen molar-refractivity contribution >= 4 is 16.9 Å². The molecule has 5 heteroatoms. The van der Waals surface area contributed by atoms with E-state index < -0.39 is 0 Å². The van der Waals surface area contributed by atoms with E-state index in [-0.39, 0.29) is 6.03 Å². The van der Waals surface area contributed by atoms with E-state index in [0.29, 0.717) is 12.6 Å². The Morgan fingerprint density at radius 1 is 1.08 bits per heavy atom. The molecule has 2 saturated heterocycles. The van der Waals surface area contributed by atoms with Crippen LogP contribution in [0.5, 0.6) is 0 Å². The molecule has 0 spiro atoms. The summed E-state index contributed by atoms with van der Waals surface area (Å²) in [6.07, 6.45) is 6.28. The van der Waals surface area contributed by atoms with Gasteiger partial charge in [-0.3, -0.25) is 0 Å². The van der Waals surface area contributed by atoms with Crippen molar-refractivity contribution in [2.75, 3.05) is 26.2 Å². The van der Waals surface area contributed by atoms with Crippen molar-refractivity contribution in [2.45, 2.75) is 44.7 Å². The molecular weight excluding hydrogens is 312 g/mol. The molecule has 1 aromatic heterocycles. The van der Waals surface area contributed by atoms with Gasteiger partial charge in [0.25, 0.3) is 0 Å². The number of aromatic nitrogens is 1. The molecule has 0 atom stereocenters. The molecular formula is C20H28N4O. The fourth-order valence-electron chi connectivity index (χ4n) is 4.23. The number of carbonyl (C=O) groups excluding carboxylic acids is 1. The average molecular weight is 340 g/mol. The second kappa shape index (κ2) is 7.48. The van der Waals surface area contributed by atoms with Crippen LogP contribution in [-0.4, -0.2) is 53.0 Å². The second-order valence-electron chi connectivity index (χ2n) is 7.36. The van der Waals surface area contributed by atoms with E-state index in [1.165, 1.54) is 37.7 Å². The molecule has 0 radical (unpaired) electrons. The molecule has 0 bridgehead atoms. The van der Waals surface area contributed by atoms with Crippen LogP contribution in [0.3, 0.4) is 0 Å². The van der Waals surface area contributed by atoms with Crippen LogP contribution in [0, 0.1) is 0 Å². The predicted molar refractivity (Wildman–Crippen MR) is 101 cm³/mol. The van der Waals surface area contributed by atoms with Crippen LogP contribution in [0.1, 0.15) is 37.8 Å². The zero-order valence-electron chi connectivity index (χ0n) is 14.8. The number of carbonyl (C=O) groups is 1. The molecule has 5 nitrogen and oxygen atoms in total. The third-order valence-electron chi connectivity index (χ3n) is 5.67. The molecule has 2 amide bonds. The first-order valence-electron chi connectivity index (χ1n) is 9.63. The highest BCUT2D eigenvalue weighted by molar-refractivity contribution is 5.80. The summed E-state index contributed by atoms with van der Waals surface area (Å²) in [7, 11) is 0. The molecule has 3 heterocycles. The molecule has 25 heavy (non-hydrogen) atoms. The van der Waals surface area contributed by atoms with Crippen LogP contribution < -0.4 is 5.32 Å². The Bertz CT molecular complexity index is 678. The maximum absolute atomic E-state index is 12.5. The van der Waals surface area contributed by atoms with Crippen molar-refractivity contribution in [2.24, 2.45) is 0 Å². The van der Waals surface area contributed by atoms with Crippen molar-refractivity contribution in [1.82, 2.24) is 20.1 Å². The summed E-state index contributed by atoms with van der Waals surface area (Å²) in [6.45, 7) is 4.80. The van der Waals surface area contributed by atoms with Crippen molar-refractivity contribution in [3.8, 4) is 0 Å². The van der Waals surface area contributed by atoms with E-state index in [9.17, 15) is 4.79 Å². The lowest BCUT2D eigenvalue weighted by molar-refractivity contribution is 0.101. The summed E-state index contributed by atoms with van der Waals surface area (Å²) < 4.78 is 0. The lowest BCUT2D eigenvalue weighted by Crippen LogP contribution is -2.50. The summed E-state index contributed by atoms with van der Waals surface area (Å²) in [5.41, 5.74) is 2.17. The number of para-hydroxylation sites is 1. The zero-order valence-corrected chi connectivity index (χ0v) is 14.8. The lowest BCUT2D eigenvalue weighted by atomic mass is 10.0. The van der Waals surface area contributed by atoms with E-state index >= 15 is 0 Å². The first kappa shape index (κ1) is 16.5. The Hall–Kier alpha value is -2.01. The van der Waals surface area contributed by atoms with E-state index in [0.717, 1.165) is 37.1 Å².